The second-order valence-corrected chi connectivity index (χ2v) is 9.88. The van der Waals surface area contributed by atoms with Gasteiger partial charge in [0.05, 0.1) is 15.5 Å². The number of sulfonamides is 1. The van der Waals surface area contributed by atoms with Crippen LogP contribution in [0.1, 0.15) is 0 Å². The summed E-state index contributed by atoms with van der Waals surface area (Å²) in [6.45, 7) is 1.53. The summed E-state index contributed by atoms with van der Waals surface area (Å²) in [6, 6.07) is 12.6. The summed E-state index contributed by atoms with van der Waals surface area (Å²) in [5.41, 5.74) is 1.57. The van der Waals surface area contributed by atoms with Gasteiger partial charge in [0, 0.05) is 54.3 Å². The van der Waals surface area contributed by atoms with Crippen molar-refractivity contribution in [2.24, 2.45) is 0 Å². The predicted molar refractivity (Wildman–Crippen MR) is 117 cm³/mol. The van der Waals surface area contributed by atoms with Crippen LogP contribution >= 0.6 is 22.9 Å². The maximum atomic E-state index is 12.9. The summed E-state index contributed by atoms with van der Waals surface area (Å²) in [5.74, 6) is 0. The number of nitrogens with zero attached hydrogens (tertiary/aromatic N) is 4. The molecule has 0 aliphatic carbocycles. The fourth-order valence-electron chi connectivity index (χ4n) is 3.19. The number of rotatable bonds is 5. The highest BCUT2D eigenvalue weighted by Gasteiger charge is 2.30. The molecule has 0 atom stereocenters. The summed E-state index contributed by atoms with van der Waals surface area (Å²) in [5, 5.41) is 14.4. The van der Waals surface area contributed by atoms with E-state index in [2.05, 4.69) is 4.98 Å². The molecule has 1 fully saturated rings. The van der Waals surface area contributed by atoms with Gasteiger partial charge < -0.3 is 4.90 Å². The Kier molecular flexibility index (Phi) is 5.74. The molecule has 0 amide bonds. The van der Waals surface area contributed by atoms with E-state index in [0.717, 1.165) is 22.5 Å². The summed E-state index contributed by atoms with van der Waals surface area (Å²) < 4.78 is 27.1. The van der Waals surface area contributed by atoms with Gasteiger partial charge >= 0.3 is 0 Å². The van der Waals surface area contributed by atoms with E-state index in [1.54, 1.807) is 0 Å². The van der Waals surface area contributed by atoms with E-state index in [0.29, 0.717) is 18.1 Å². The molecule has 1 aliphatic rings. The van der Waals surface area contributed by atoms with Crippen molar-refractivity contribution in [2.75, 3.05) is 31.1 Å². The van der Waals surface area contributed by atoms with Gasteiger partial charge in [0.25, 0.3) is 5.69 Å². The van der Waals surface area contributed by atoms with Crippen molar-refractivity contribution in [3.05, 3.63) is 69.0 Å². The van der Waals surface area contributed by atoms with Gasteiger partial charge in [-0.05, 0) is 18.2 Å². The lowest BCUT2D eigenvalue weighted by atomic mass is 10.2. The first-order chi connectivity index (χ1) is 14.3. The number of piperazine rings is 1. The van der Waals surface area contributed by atoms with Gasteiger partial charge in [-0.25, -0.2) is 13.4 Å². The number of hydrogen-bond acceptors (Lipinski definition) is 7. The third-order valence-corrected chi connectivity index (χ3v) is 7.86. The number of thiazole rings is 1. The Balaban J connectivity index is 1.46. The molecule has 30 heavy (non-hydrogen) atoms. The highest BCUT2D eigenvalue weighted by atomic mass is 35.5. The molecular formula is C19H17ClN4O4S2. The SMILES string of the molecule is O=[N+]([O-])c1cccc(S(=O)(=O)N2CCN(c3nc(-c4ccc(Cl)cc4)cs3)CC2)c1. The molecule has 0 unspecified atom stereocenters. The largest absolute Gasteiger partial charge is 0.345 e. The average molecular weight is 465 g/mol. The standard InChI is InChI=1S/C19H17ClN4O4S2/c20-15-6-4-14(5-7-15)18-13-29-19(21-18)22-8-10-23(11-9-22)30(27,28)17-3-1-2-16(12-17)24(25)26/h1-7,12-13H,8-11H2. The molecule has 1 saturated heterocycles. The first-order valence-electron chi connectivity index (χ1n) is 9.05. The Morgan fingerprint density at radius 3 is 2.43 bits per heavy atom. The molecule has 0 radical (unpaired) electrons. The van der Waals surface area contributed by atoms with Crippen LogP contribution in [0.25, 0.3) is 11.3 Å². The highest BCUT2D eigenvalue weighted by molar-refractivity contribution is 7.89. The fourth-order valence-corrected chi connectivity index (χ4v) is 5.67. The molecule has 156 valence electrons. The quantitative estimate of drug-likeness (QED) is 0.420. The minimum Gasteiger partial charge on any atom is -0.345 e. The zero-order valence-electron chi connectivity index (χ0n) is 15.6. The van der Waals surface area contributed by atoms with Crippen LogP contribution in [-0.4, -0.2) is 48.8 Å². The topological polar surface area (TPSA) is 96.6 Å². The summed E-state index contributed by atoms with van der Waals surface area (Å²) in [7, 11) is -3.79. The monoisotopic (exact) mass is 464 g/mol. The molecule has 0 N–H and O–H groups in total. The zero-order chi connectivity index (χ0) is 21.3. The lowest BCUT2D eigenvalue weighted by Crippen LogP contribution is -2.48. The molecule has 1 aliphatic heterocycles. The van der Waals surface area contributed by atoms with Gasteiger partial charge in [0.2, 0.25) is 10.0 Å². The third-order valence-electron chi connectivity index (χ3n) is 4.81. The van der Waals surface area contributed by atoms with Gasteiger partial charge in [0.15, 0.2) is 5.13 Å². The third kappa shape index (κ3) is 4.17. The lowest BCUT2D eigenvalue weighted by Gasteiger charge is -2.33. The van der Waals surface area contributed by atoms with Crippen molar-refractivity contribution in [1.82, 2.24) is 9.29 Å². The molecule has 4 rings (SSSR count). The number of non-ortho nitro benzene ring substituents is 1. The van der Waals surface area contributed by atoms with Crippen LogP contribution in [0.2, 0.25) is 5.02 Å². The van der Waals surface area contributed by atoms with Crippen LogP contribution < -0.4 is 4.90 Å². The minimum atomic E-state index is -3.79. The number of nitro benzene ring substituents is 1. The van der Waals surface area contributed by atoms with E-state index < -0.39 is 14.9 Å². The Morgan fingerprint density at radius 1 is 1.07 bits per heavy atom. The number of halogens is 1. The second-order valence-electron chi connectivity index (χ2n) is 6.67. The Labute approximate surface area is 182 Å². The van der Waals surface area contributed by atoms with E-state index in [4.69, 9.17) is 11.6 Å². The normalized spacial score (nSPS) is 15.3. The van der Waals surface area contributed by atoms with Gasteiger partial charge in [-0.2, -0.15) is 4.31 Å². The van der Waals surface area contributed by atoms with Crippen molar-refractivity contribution < 1.29 is 13.3 Å². The van der Waals surface area contributed by atoms with Crippen LogP contribution in [0.3, 0.4) is 0 Å². The maximum absolute atomic E-state index is 12.9. The van der Waals surface area contributed by atoms with Gasteiger partial charge in [-0.3, -0.25) is 10.1 Å². The zero-order valence-corrected chi connectivity index (χ0v) is 18.0. The molecule has 3 aromatic rings. The molecule has 2 heterocycles. The van der Waals surface area contributed by atoms with Crippen LogP contribution in [-0.2, 0) is 10.0 Å². The van der Waals surface area contributed by atoms with E-state index in [1.807, 2.05) is 34.5 Å². The summed E-state index contributed by atoms with van der Waals surface area (Å²) >= 11 is 7.44. The smallest absolute Gasteiger partial charge is 0.270 e. The van der Waals surface area contributed by atoms with Crippen molar-refractivity contribution in [1.29, 1.82) is 0 Å². The van der Waals surface area contributed by atoms with Crippen molar-refractivity contribution in [2.45, 2.75) is 4.90 Å². The molecular weight excluding hydrogens is 448 g/mol. The van der Waals surface area contributed by atoms with Crippen molar-refractivity contribution in [3.63, 3.8) is 0 Å². The Morgan fingerprint density at radius 2 is 1.77 bits per heavy atom. The van der Waals surface area contributed by atoms with E-state index in [9.17, 15) is 18.5 Å². The molecule has 2 aromatic carbocycles. The van der Waals surface area contributed by atoms with Gasteiger partial charge in [0.1, 0.15) is 0 Å². The lowest BCUT2D eigenvalue weighted by molar-refractivity contribution is -0.385. The van der Waals surface area contributed by atoms with Crippen LogP contribution in [0.5, 0.6) is 0 Å². The second kappa shape index (κ2) is 8.31. The number of aromatic nitrogens is 1. The first-order valence-corrected chi connectivity index (χ1v) is 11.8. The van der Waals surface area contributed by atoms with E-state index in [1.165, 1.54) is 33.8 Å². The summed E-state index contributed by atoms with van der Waals surface area (Å²) in [6.07, 6.45) is 0. The molecule has 11 heteroatoms. The van der Waals surface area contributed by atoms with Crippen LogP contribution in [0.15, 0.2) is 58.8 Å². The van der Waals surface area contributed by atoms with Crippen molar-refractivity contribution >= 4 is 43.8 Å². The molecule has 0 spiro atoms. The predicted octanol–water partition coefficient (Wildman–Crippen LogP) is 3.88. The molecule has 0 bridgehead atoms. The number of hydrogen-bond donors (Lipinski definition) is 0. The van der Waals surface area contributed by atoms with E-state index in [-0.39, 0.29) is 23.7 Å². The number of benzene rings is 2. The van der Waals surface area contributed by atoms with Crippen LogP contribution in [0.4, 0.5) is 10.8 Å². The first kappa shape index (κ1) is 20.7. The van der Waals surface area contributed by atoms with Crippen LogP contribution in [0, 0.1) is 10.1 Å². The Bertz CT molecular complexity index is 1170. The molecule has 1 aromatic heterocycles. The molecule has 0 saturated carbocycles. The van der Waals surface area contributed by atoms with Gasteiger partial charge in [-0.1, -0.05) is 29.8 Å². The minimum absolute atomic E-state index is 0.0653. The maximum Gasteiger partial charge on any atom is 0.270 e. The van der Waals surface area contributed by atoms with Crippen molar-refractivity contribution in [3.8, 4) is 11.3 Å². The summed E-state index contributed by atoms with van der Waals surface area (Å²) in [4.78, 5) is 17.0. The average Bonchev–Trinajstić information content (AvgIpc) is 3.25. The van der Waals surface area contributed by atoms with E-state index >= 15 is 0 Å². The number of nitro groups is 1. The Hall–Kier alpha value is -2.53. The van der Waals surface area contributed by atoms with Gasteiger partial charge in [-0.15, -0.1) is 11.3 Å². The molecule has 8 nitrogen and oxygen atoms in total. The number of anilines is 1. The highest BCUT2D eigenvalue weighted by Crippen LogP contribution is 2.30. The fraction of sp³-hybridized carbons (Fsp3) is 0.211.